The molecule has 0 amide bonds. The molecule has 3 N–H and O–H groups in total. The van der Waals surface area contributed by atoms with Crippen LogP contribution in [0.15, 0.2) is 0 Å². The third-order valence-corrected chi connectivity index (χ3v) is 4.47. The van der Waals surface area contributed by atoms with Gasteiger partial charge in [-0.15, -0.1) is 0 Å². The predicted molar refractivity (Wildman–Crippen MR) is 90.9 cm³/mol. The van der Waals surface area contributed by atoms with E-state index >= 15 is 0 Å². The number of aliphatic hydroxyl groups is 3. The first-order chi connectivity index (χ1) is 10.1. The van der Waals surface area contributed by atoms with E-state index in [2.05, 4.69) is 27.7 Å². The first-order valence-corrected chi connectivity index (χ1v) is 8.58. The monoisotopic (exact) mass is 318 g/mol. The Morgan fingerprint density at radius 2 is 1.23 bits per heavy atom. The molecule has 134 valence electrons. The van der Waals surface area contributed by atoms with E-state index in [9.17, 15) is 10.2 Å². The van der Waals surface area contributed by atoms with Gasteiger partial charge in [-0.25, -0.2) is 0 Å². The van der Waals surface area contributed by atoms with E-state index in [1.807, 2.05) is 0 Å². The minimum atomic E-state index is -0.361. The molecule has 0 fully saturated rings. The molecule has 0 aliphatic rings. The fraction of sp³-hybridized carbons (Fsp3) is 1.00. The van der Waals surface area contributed by atoms with Crippen molar-refractivity contribution in [2.24, 2.45) is 10.8 Å². The minimum Gasteiger partial charge on any atom is -0.396 e. The number of ether oxygens (including phenoxy) is 1. The van der Waals surface area contributed by atoms with Crippen molar-refractivity contribution in [1.82, 2.24) is 0 Å². The van der Waals surface area contributed by atoms with Gasteiger partial charge in [-0.1, -0.05) is 27.7 Å². The molecule has 0 aromatic carbocycles. The second kappa shape index (κ2) is 10.6. The Morgan fingerprint density at radius 3 is 1.64 bits per heavy atom. The van der Waals surface area contributed by atoms with Gasteiger partial charge >= 0.3 is 0 Å². The zero-order chi connectivity index (χ0) is 17.2. The summed E-state index contributed by atoms with van der Waals surface area (Å²) in [5.74, 6) is 0. The highest BCUT2D eigenvalue weighted by atomic mass is 16.5. The Balaban J connectivity index is 3.88. The van der Waals surface area contributed by atoms with Gasteiger partial charge in [0.25, 0.3) is 0 Å². The van der Waals surface area contributed by atoms with E-state index in [0.717, 1.165) is 32.1 Å². The van der Waals surface area contributed by atoms with Crippen LogP contribution in [0.25, 0.3) is 0 Å². The van der Waals surface area contributed by atoms with Crippen LogP contribution in [-0.2, 0) is 4.74 Å². The standard InChI is InChI=1S/C18H38O4/c1-17(2,12-13-19)10-8-15(20)6-7-16(21)9-11-18(3,4)14-22-5/h15-16,19-21H,6-14H2,1-5H3. The van der Waals surface area contributed by atoms with Crippen LogP contribution in [0.2, 0.25) is 0 Å². The van der Waals surface area contributed by atoms with Crippen molar-refractivity contribution in [3.8, 4) is 0 Å². The lowest BCUT2D eigenvalue weighted by molar-refractivity contribution is 0.0647. The van der Waals surface area contributed by atoms with Gasteiger partial charge in [0, 0.05) is 13.7 Å². The molecular weight excluding hydrogens is 280 g/mol. The lowest BCUT2D eigenvalue weighted by Gasteiger charge is -2.26. The lowest BCUT2D eigenvalue weighted by Crippen LogP contribution is -2.22. The van der Waals surface area contributed by atoms with E-state index in [-0.39, 0.29) is 29.6 Å². The fourth-order valence-corrected chi connectivity index (χ4v) is 2.68. The predicted octanol–water partition coefficient (Wildman–Crippen LogP) is 3.13. The number of methoxy groups -OCH3 is 1. The molecule has 0 aliphatic heterocycles. The smallest absolute Gasteiger partial charge is 0.0541 e. The van der Waals surface area contributed by atoms with Gasteiger partial charge in [-0.05, 0) is 55.8 Å². The van der Waals surface area contributed by atoms with Crippen molar-refractivity contribution in [2.45, 2.75) is 84.8 Å². The third kappa shape index (κ3) is 11.4. The Bertz CT molecular complexity index is 248. The molecule has 0 heterocycles. The van der Waals surface area contributed by atoms with Crippen molar-refractivity contribution in [1.29, 1.82) is 0 Å². The maximum Gasteiger partial charge on any atom is 0.0541 e. The molecule has 2 atom stereocenters. The van der Waals surface area contributed by atoms with Gasteiger partial charge in [0.2, 0.25) is 0 Å². The Morgan fingerprint density at radius 1 is 0.773 bits per heavy atom. The summed E-state index contributed by atoms with van der Waals surface area (Å²) in [6, 6.07) is 0. The summed E-state index contributed by atoms with van der Waals surface area (Å²) in [7, 11) is 1.70. The summed E-state index contributed by atoms with van der Waals surface area (Å²) in [6.45, 7) is 9.40. The Hall–Kier alpha value is -0.160. The molecule has 4 heteroatoms. The molecule has 2 unspecified atom stereocenters. The van der Waals surface area contributed by atoms with Gasteiger partial charge in [-0.2, -0.15) is 0 Å². The topological polar surface area (TPSA) is 69.9 Å². The fourth-order valence-electron chi connectivity index (χ4n) is 2.68. The first-order valence-electron chi connectivity index (χ1n) is 8.58. The summed E-state index contributed by atoms with van der Waals surface area (Å²) >= 11 is 0. The van der Waals surface area contributed by atoms with Crippen LogP contribution in [0, 0.1) is 10.8 Å². The summed E-state index contributed by atoms with van der Waals surface area (Å²) in [6.07, 6.45) is 4.63. The van der Waals surface area contributed by atoms with E-state index in [4.69, 9.17) is 9.84 Å². The van der Waals surface area contributed by atoms with Crippen molar-refractivity contribution in [2.75, 3.05) is 20.3 Å². The molecular formula is C18H38O4. The lowest BCUT2D eigenvalue weighted by atomic mass is 9.83. The number of hydrogen-bond acceptors (Lipinski definition) is 4. The van der Waals surface area contributed by atoms with Gasteiger partial charge in [0.15, 0.2) is 0 Å². The first kappa shape index (κ1) is 21.8. The van der Waals surface area contributed by atoms with Crippen molar-refractivity contribution in [3.05, 3.63) is 0 Å². The highest BCUT2D eigenvalue weighted by molar-refractivity contribution is 4.73. The molecule has 0 spiro atoms. The third-order valence-electron chi connectivity index (χ3n) is 4.47. The highest BCUT2D eigenvalue weighted by Crippen LogP contribution is 2.28. The molecule has 0 saturated carbocycles. The minimum absolute atomic E-state index is 0.0680. The Kier molecular flexibility index (Phi) is 10.5. The van der Waals surface area contributed by atoms with Gasteiger partial charge in [0.05, 0.1) is 18.8 Å². The van der Waals surface area contributed by atoms with Crippen molar-refractivity contribution < 1.29 is 20.1 Å². The summed E-state index contributed by atoms with van der Waals surface area (Å²) in [4.78, 5) is 0. The van der Waals surface area contributed by atoms with Crippen LogP contribution in [0.4, 0.5) is 0 Å². The maximum absolute atomic E-state index is 10.1. The van der Waals surface area contributed by atoms with Gasteiger partial charge in [0.1, 0.15) is 0 Å². The quantitative estimate of drug-likeness (QED) is 0.488. The van der Waals surface area contributed by atoms with Crippen molar-refractivity contribution >= 4 is 0 Å². The van der Waals surface area contributed by atoms with Gasteiger partial charge in [-0.3, -0.25) is 0 Å². The number of rotatable bonds is 13. The zero-order valence-corrected chi connectivity index (χ0v) is 15.3. The van der Waals surface area contributed by atoms with E-state index < -0.39 is 0 Å². The Labute approximate surface area is 136 Å². The molecule has 22 heavy (non-hydrogen) atoms. The van der Waals surface area contributed by atoms with Gasteiger partial charge < -0.3 is 20.1 Å². The van der Waals surface area contributed by atoms with Crippen LogP contribution in [0.1, 0.15) is 72.6 Å². The zero-order valence-electron chi connectivity index (χ0n) is 15.3. The summed E-state index contributed by atoms with van der Waals surface area (Å²) in [5.41, 5.74) is 0.154. The summed E-state index contributed by atoms with van der Waals surface area (Å²) in [5, 5.41) is 29.1. The van der Waals surface area contributed by atoms with E-state index in [1.54, 1.807) is 7.11 Å². The molecule has 0 radical (unpaired) electrons. The summed E-state index contributed by atoms with van der Waals surface area (Å²) < 4.78 is 5.18. The van der Waals surface area contributed by atoms with Crippen LogP contribution < -0.4 is 0 Å². The van der Waals surface area contributed by atoms with Crippen LogP contribution in [0.5, 0.6) is 0 Å². The highest BCUT2D eigenvalue weighted by Gasteiger charge is 2.21. The van der Waals surface area contributed by atoms with Crippen molar-refractivity contribution in [3.63, 3.8) is 0 Å². The average Bonchev–Trinajstić information content (AvgIpc) is 2.41. The molecule has 4 nitrogen and oxygen atoms in total. The largest absolute Gasteiger partial charge is 0.396 e. The molecule has 0 rings (SSSR count). The molecule has 0 bridgehead atoms. The molecule has 0 aliphatic carbocycles. The van der Waals surface area contributed by atoms with E-state index in [1.165, 1.54) is 0 Å². The maximum atomic E-state index is 10.1. The SMILES string of the molecule is COCC(C)(C)CCC(O)CCC(O)CCC(C)(C)CCO. The molecule has 0 aromatic heterocycles. The van der Waals surface area contributed by atoms with E-state index in [0.29, 0.717) is 19.4 Å². The molecule has 0 saturated heterocycles. The second-order valence-corrected chi connectivity index (χ2v) is 8.20. The number of aliphatic hydroxyl groups excluding tert-OH is 3. The average molecular weight is 318 g/mol. The second-order valence-electron chi connectivity index (χ2n) is 8.20. The van der Waals surface area contributed by atoms with Crippen LogP contribution in [0.3, 0.4) is 0 Å². The van der Waals surface area contributed by atoms with Crippen LogP contribution >= 0.6 is 0 Å². The molecule has 0 aromatic rings. The van der Waals surface area contributed by atoms with Crippen LogP contribution in [-0.4, -0.2) is 47.9 Å². The number of hydrogen-bond donors (Lipinski definition) is 3. The normalized spacial score (nSPS) is 15.8.